The number of aldehydes is 1. The molecule has 0 aromatic heterocycles. The van der Waals surface area contributed by atoms with E-state index in [2.05, 4.69) is 0 Å². The van der Waals surface area contributed by atoms with Gasteiger partial charge >= 0.3 is 5.97 Å². The van der Waals surface area contributed by atoms with Crippen LogP contribution >= 0.6 is 0 Å². The summed E-state index contributed by atoms with van der Waals surface area (Å²) in [5.41, 5.74) is 1.10. The van der Waals surface area contributed by atoms with Gasteiger partial charge in [0.15, 0.2) is 5.78 Å². The molecule has 0 atom stereocenters. The first-order valence-electron chi connectivity index (χ1n) is 4.37. The smallest absolute Gasteiger partial charge is 0.335 e. The highest BCUT2D eigenvalue weighted by molar-refractivity contribution is 6.04. The first-order chi connectivity index (χ1) is 7.06. The first kappa shape index (κ1) is 11.1. The highest BCUT2D eigenvalue weighted by Gasteiger charge is 2.10. The predicted molar refractivity (Wildman–Crippen MR) is 53.1 cm³/mol. The van der Waals surface area contributed by atoms with Gasteiger partial charge in [0.2, 0.25) is 0 Å². The van der Waals surface area contributed by atoms with Crippen LogP contribution < -0.4 is 0 Å². The van der Waals surface area contributed by atoms with E-state index in [4.69, 9.17) is 5.11 Å². The number of rotatable bonds is 4. The molecule has 0 aliphatic rings. The summed E-state index contributed by atoms with van der Waals surface area (Å²) < 4.78 is 0. The van der Waals surface area contributed by atoms with E-state index >= 15 is 0 Å². The molecular formula is C11H10O4. The Hall–Kier alpha value is -1.97. The number of carbonyl (C=O) groups is 3. The Morgan fingerprint density at radius 3 is 2.53 bits per heavy atom. The fourth-order valence-corrected chi connectivity index (χ4v) is 1.30. The molecule has 0 saturated heterocycles. The van der Waals surface area contributed by atoms with E-state index in [9.17, 15) is 14.4 Å². The maximum atomic E-state index is 11.4. The molecule has 0 saturated carbocycles. The number of carboxylic acids is 1. The molecule has 0 bridgehead atoms. The summed E-state index contributed by atoms with van der Waals surface area (Å²) in [6, 6.07) is 4.21. The molecule has 1 aromatic rings. The number of aromatic carboxylic acids is 1. The highest BCUT2D eigenvalue weighted by atomic mass is 16.4. The lowest BCUT2D eigenvalue weighted by Crippen LogP contribution is -2.04. The fourth-order valence-electron chi connectivity index (χ4n) is 1.30. The van der Waals surface area contributed by atoms with Crippen molar-refractivity contribution in [2.24, 2.45) is 0 Å². The lowest BCUT2D eigenvalue weighted by Gasteiger charge is -2.03. The second-order valence-electron chi connectivity index (χ2n) is 3.13. The molecule has 0 radical (unpaired) electrons. The minimum Gasteiger partial charge on any atom is -0.478 e. The topological polar surface area (TPSA) is 71.4 Å². The van der Waals surface area contributed by atoms with Gasteiger partial charge < -0.3 is 9.90 Å². The highest BCUT2D eigenvalue weighted by Crippen LogP contribution is 2.12. The van der Waals surface area contributed by atoms with E-state index in [1.807, 2.05) is 0 Å². The van der Waals surface area contributed by atoms with Crippen LogP contribution in [0.4, 0.5) is 0 Å². The minimum atomic E-state index is -1.03. The van der Waals surface area contributed by atoms with E-state index in [1.165, 1.54) is 18.2 Å². The van der Waals surface area contributed by atoms with Gasteiger partial charge in [-0.05, 0) is 24.6 Å². The molecule has 0 spiro atoms. The van der Waals surface area contributed by atoms with Crippen LogP contribution in [-0.4, -0.2) is 23.1 Å². The Bertz CT molecular complexity index is 421. The summed E-state index contributed by atoms with van der Waals surface area (Å²) in [4.78, 5) is 32.1. The zero-order valence-electron chi connectivity index (χ0n) is 8.19. The van der Waals surface area contributed by atoms with Crippen molar-refractivity contribution in [2.75, 3.05) is 0 Å². The maximum absolute atomic E-state index is 11.4. The fraction of sp³-hybridized carbons (Fsp3) is 0.182. The van der Waals surface area contributed by atoms with Crippen molar-refractivity contribution in [3.05, 3.63) is 34.9 Å². The SMILES string of the molecule is Cc1cc(C(=O)O)ccc1C(=O)CC=O. The zero-order valence-corrected chi connectivity index (χ0v) is 8.19. The number of ketones is 1. The van der Waals surface area contributed by atoms with Crippen molar-refractivity contribution in [2.45, 2.75) is 13.3 Å². The lowest BCUT2D eigenvalue weighted by atomic mass is 10.0. The second kappa shape index (κ2) is 4.50. The van der Waals surface area contributed by atoms with Crippen molar-refractivity contribution in [1.82, 2.24) is 0 Å². The molecule has 1 aromatic carbocycles. The molecule has 0 unspecified atom stereocenters. The van der Waals surface area contributed by atoms with Gasteiger partial charge in [-0.25, -0.2) is 4.79 Å². The molecule has 0 aliphatic heterocycles. The Balaban J connectivity index is 3.08. The molecule has 78 valence electrons. The van der Waals surface area contributed by atoms with Crippen LogP contribution in [0.1, 0.15) is 32.7 Å². The van der Waals surface area contributed by atoms with Gasteiger partial charge in [0.1, 0.15) is 6.29 Å². The number of hydrogen-bond acceptors (Lipinski definition) is 3. The molecule has 15 heavy (non-hydrogen) atoms. The third-order valence-corrected chi connectivity index (χ3v) is 2.04. The van der Waals surface area contributed by atoms with Crippen molar-refractivity contribution in [1.29, 1.82) is 0 Å². The maximum Gasteiger partial charge on any atom is 0.335 e. The molecular weight excluding hydrogens is 196 g/mol. The minimum absolute atomic E-state index is 0.134. The second-order valence-corrected chi connectivity index (χ2v) is 3.13. The van der Waals surface area contributed by atoms with E-state index in [0.717, 1.165) is 0 Å². The third-order valence-electron chi connectivity index (χ3n) is 2.04. The molecule has 4 nitrogen and oxygen atoms in total. The lowest BCUT2D eigenvalue weighted by molar-refractivity contribution is -0.107. The Labute approximate surface area is 86.5 Å². The average Bonchev–Trinajstić information content (AvgIpc) is 2.17. The number of carboxylic acid groups (broad SMARTS) is 1. The molecule has 1 N–H and O–H groups in total. The Morgan fingerprint density at radius 1 is 1.40 bits per heavy atom. The van der Waals surface area contributed by atoms with E-state index in [-0.39, 0.29) is 17.8 Å². The van der Waals surface area contributed by atoms with Gasteiger partial charge in [0.05, 0.1) is 12.0 Å². The number of Topliss-reactive ketones (excluding diaryl/α,β-unsaturated/α-hetero) is 1. The monoisotopic (exact) mass is 206 g/mol. The quantitative estimate of drug-likeness (QED) is 0.460. The summed E-state index contributed by atoms with van der Waals surface area (Å²) in [6.07, 6.45) is 0.361. The summed E-state index contributed by atoms with van der Waals surface area (Å²) in [6.45, 7) is 1.64. The summed E-state index contributed by atoms with van der Waals surface area (Å²) >= 11 is 0. The number of carbonyl (C=O) groups excluding carboxylic acids is 2. The molecule has 0 aliphatic carbocycles. The summed E-state index contributed by atoms with van der Waals surface area (Å²) in [7, 11) is 0. The number of hydrogen-bond donors (Lipinski definition) is 1. The van der Waals surface area contributed by atoms with Gasteiger partial charge in [0.25, 0.3) is 0 Å². The van der Waals surface area contributed by atoms with Gasteiger partial charge in [-0.2, -0.15) is 0 Å². The van der Waals surface area contributed by atoms with Crippen LogP contribution in [0.2, 0.25) is 0 Å². The van der Waals surface area contributed by atoms with Crippen LogP contribution in [0.3, 0.4) is 0 Å². The van der Waals surface area contributed by atoms with E-state index in [0.29, 0.717) is 17.4 Å². The van der Waals surface area contributed by atoms with Crippen molar-refractivity contribution < 1.29 is 19.5 Å². The number of benzene rings is 1. The number of aryl methyl sites for hydroxylation is 1. The van der Waals surface area contributed by atoms with Crippen LogP contribution in [0.15, 0.2) is 18.2 Å². The normalized spacial score (nSPS) is 9.67. The predicted octanol–water partition coefficient (Wildman–Crippen LogP) is 1.46. The Kier molecular flexibility index (Phi) is 3.33. The van der Waals surface area contributed by atoms with Gasteiger partial charge in [-0.3, -0.25) is 4.79 Å². The van der Waals surface area contributed by atoms with Crippen LogP contribution in [0.5, 0.6) is 0 Å². The first-order valence-corrected chi connectivity index (χ1v) is 4.37. The van der Waals surface area contributed by atoms with Gasteiger partial charge in [0, 0.05) is 5.56 Å². The van der Waals surface area contributed by atoms with Crippen molar-refractivity contribution in [3.63, 3.8) is 0 Å². The van der Waals surface area contributed by atoms with Crippen molar-refractivity contribution >= 4 is 18.0 Å². The van der Waals surface area contributed by atoms with Crippen molar-refractivity contribution in [3.8, 4) is 0 Å². The van der Waals surface area contributed by atoms with E-state index in [1.54, 1.807) is 6.92 Å². The largest absolute Gasteiger partial charge is 0.478 e. The van der Waals surface area contributed by atoms with E-state index < -0.39 is 5.97 Å². The van der Waals surface area contributed by atoms with Crippen LogP contribution in [0.25, 0.3) is 0 Å². The Morgan fingerprint density at radius 2 is 2.07 bits per heavy atom. The zero-order chi connectivity index (χ0) is 11.4. The van der Waals surface area contributed by atoms with Crippen LogP contribution in [0, 0.1) is 6.92 Å². The third kappa shape index (κ3) is 2.49. The molecule has 4 heteroatoms. The average molecular weight is 206 g/mol. The molecule has 0 fully saturated rings. The van der Waals surface area contributed by atoms with Gasteiger partial charge in [-0.15, -0.1) is 0 Å². The standard InChI is InChI=1S/C11H10O4/c1-7-6-8(11(14)15)2-3-9(7)10(13)4-5-12/h2-3,5-6H,4H2,1H3,(H,14,15). The van der Waals surface area contributed by atoms with Gasteiger partial charge in [-0.1, -0.05) is 6.07 Å². The molecule has 0 amide bonds. The summed E-state index contributed by atoms with van der Waals surface area (Å²) in [5.74, 6) is -1.33. The molecule has 1 rings (SSSR count). The summed E-state index contributed by atoms with van der Waals surface area (Å²) in [5, 5.41) is 8.70. The van der Waals surface area contributed by atoms with Crippen LogP contribution in [-0.2, 0) is 4.79 Å². The molecule has 0 heterocycles.